The van der Waals surface area contributed by atoms with Crippen molar-refractivity contribution < 1.29 is 14.3 Å². The van der Waals surface area contributed by atoms with E-state index in [0.717, 1.165) is 43.2 Å². The lowest BCUT2D eigenvalue weighted by atomic mass is 9.99. The monoisotopic (exact) mass is 407 g/mol. The van der Waals surface area contributed by atoms with E-state index in [4.69, 9.17) is 9.47 Å². The number of hydrogen-bond donors (Lipinski definition) is 1. The van der Waals surface area contributed by atoms with Crippen molar-refractivity contribution in [2.45, 2.75) is 13.0 Å². The van der Waals surface area contributed by atoms with Crippen LogP contribution in [0.3, 0.4) is 0 Å². The standard InChI is InChI=1S/C22H25N5O3/c1-29-20-11-17-7-9-26(13-18(17)12-21(20)30-2)10-8-24-22(28)16-3-5-19(6-4-16)27-15-23-14-25-27/h3-6,11-12,14-15H,7-10,13H2,1-2H3,(H,24,28). The van der Waals surface area contributed by atoms with Gasteiger partial charge in [0, 0.05) is 31.7 Å². The third-order valence-corrected chi connectivity index (χ3v) is 5.32. The Hall–Kier alpha value is -3.39. The molecule has 0 spiro atoms. The van der Waals surface area contributed by atoms with E-state index < -0.39 is 0 Å². The Balaban J connectivity index is 1.30. The summed E-state index contributed by atoms with van der Waals surface area (Å²) in [7, 11) is 3.31. The van der Waals surface area contributed by atoms with Gasteiger partial charge in [-0.3, -0.25) is 9.69 Å². The zero-order chi connectivity index (χ0) is 20.9. The highest BCUT2D eigenvalue weighted by Gasteiger charge is 2.19. The number of rotatable bonds is 7. The zero-order valence-corrected chi connectivity index (χ0v) is 17.2. The molecule has 1 amide bonds. The van der Waals surface area contributed by atoms with E-state index in [1.165, 1.54) is 17.5 Å². The summed E-state index contributed by atoms with van der Waals surface area (Å²) >= 11 is 0. The molecule has 0 atom stereocenters. The topological polar surface area (TPSA) is 81.5 Å². The van der Waals surface area contributed by atoms with Gasteiger partial charge < -0.3 is 14.8 Å². The Morgan fingerprint density at radius 1 is 1.10 bits per heavy atom. The van der Waals surface area contributed by atoms with Gasteiger partial charge in [-0.2, -0.15) is 5.10 Å². The van der Waals surface area contributed by atoms with Crippen LogP contribution in [0.1, 0.15) is 21.5 Å². The minimum Gasteiger partial charge on any atom is -0.493 e. The largest absolute Gasteiger partial charge is 0.493 e. The lowest BCUT2D eigenvalue weighted by Crippen LogP contribution is -2.37. The molecule has 8 heteroatoms. The van der Waals surface area contributed by atoms with Crippen molar-refractivity contribution in [2.75, 3.05) is 33.9 Å². The summed E-state index contributed by atoms with van der Waals surface area (Å²) in [6.45, 7) is 3.16. The lowest BCUT2D eigenvalue weighted by Gasteiger charge is -2.29. The number of benzene rings is 2. The summed E-state index contributed by atoms with van der Waals surface area (Å²) in [4.78, 5) is 18.7. The van der Waals surface area contributed by atoms with Crippen LogP contribution in [0, 0.1) is 0 Å². The van der Waals surface area contributed by atoms with Gasteiger partial charge in [0.1, 0.15) is 12.7 Å². The van der Waals surface area contributed by atoms with Gasteiger partial charge in [0.25, 0.3) is 5.91 Å². The highest BCUT2D eigenvalue weighted by molar-refractivity contribution is 5.94. The molecule has 0 radical (unpaired) electrons. The van der Waals surface area contributed by atoms with Crippen LogP contribution >= 0.6 is 0 Å². The van der Waals surface area contributed by atoms with Crippen molar-refractivity contribution >= 4 is 5.91 Å². The first kappa shape index (κ1) is 19.9. The van der Waals surface area contributed by atoms with E-state index >= 15 is 0 Å². The molecule has 156 valence electrons. The summed E-state index contributed by atoms with van der Waals surface area (Å²) in [5.74, 6) is 1.44. The van der Waals surface area contributed by atoms with Crippen LogP contribution in [0.15, 0.2) is 49.1 Å². The first-order valence-electron chi connectivity index (χ1n) is 9.87. The Labute approximate surface area is 175 Å². The molecule has 2 aromatic carbocycles. The van der Waals surface area contributed by atoms with Crippen molar-refractivity contribution in [3.63, 3.8) is 0 Å². The molecule has 0 fully saturated rings. The van der Waals surface area contributed by atoms with Crippen LogP contribution in [-0.4, -0.2) is 59.4 Å². The average molecular weight is 407 g/mol. The lowest BCUT2D eigenvalue weighted by molar-refractivity contribution is 0.0947. The first-order chi connectivity index (χ1) is 14.7. The zero-order valence-electron chi connectivity index (χ0n) is 17.2. The fourth-order valence-electron chi connectivity index (χ4n) is 3.67. The average Bonchev–Trinajstić information content (AvgIpc) is 3.33. The molecule has 30 heavy (non-hydrogen) atoms. The number of aromatic nitrogens is 3. The number of nitrogens with one attached hydrogen (secondary N) is 1. The van der Waals surface area contributed by atoms with Gasteiger partial charge in [0.05, 0.1) is 19.9 Å². The molecule has 1 aliphatic rings. The van der Waals surface area contributed by atoms with Crippen LogP contribution in [-0.2, 0) is 13.0 Å². The predicted molar refractivity (Wildman–Crippen MR) is 112 cm³/mol. The van der Waals surface area contributed by atoms with E-state index in [9.17, 15) is 4.79 Å². The van der Waals surface area contributed by atoms with E-state index in [-0.39, 0.29) is 5.91 Å². The molecule has 0 saturated heterocycles. The summed E-state index contributed by atoms with van der Waals surface area (Å²) in [5, 5.41) is 7.09. The Bertz CT molecular complexity index is 1000. The van der Waals surface area contributed by atoms with E-state index in [1.54, 1.807) is 37.4 Å². The van der Waals surface area contributed by atoms with E-state index in [1.807, 2.05) is 12.1 Å². The molecule has 0 bridgehead atoms. The SMILES string of the molecule is COc1cc2c(cc1OC)CN(CCNC(=O)c1ccc(-n3cncn3)cc1)CC2. The number of ether oxygens (including phenoxy) is 2. The number of hydrogen-bond acceptors (Lipinski definition) is 6. The molecule has 0 aliphatic carbocycles. The Morgan fingerprint density at radius 3 is 2.50 bits per heavy atom. The van der Waals surface area contributed by atoms with Crippen molar-refractivity contribution in [3.8, 4) is 17.2 Å². The molecule has 1 N–H and O–H groups in total. The van der Waals surface area contributed by atoms with Gasteiger partial charge in [0.2, 0.25) is 0 Å². The van der Waals surface area contributed by atoms with Gasteiger partial charge in [-0.25, -0.2) is 9.67 Å². The maximum atomic E-state index is 12.4. The van der Waals surface area contributed by atoms with Gasteiger partial charge in [-0.1, -0.05) is 0 Å². The van der Waals surface area contributed by atoms with Gasteiger partial charge in [-0.05, 0) is 53.9 Å². The van der Waals surface area contributed by atoms with Crippen LogP contribution in [0.2, 0.25) is 0 Å². The summed E-state index contributed by atoms with van der Waals surface area (Å²) in [6.07, 6.45) is 4.05. The van der Waals surface area contributed by atoms with Crippen LogP contribution in [0.25, 0.3) is 5.69 Å². The van der Waals surface area contributed by atoms with Crippen LogP contribution in [0.4, 0.5) is 0 Å². The van der Waals surface area contributed by atoms with Crippen LogP contribution < -0.4 is 14.8 Å². The fourth-order valence-corrected chi connectivity index (χ4v) is 3.67. The van der Waals surface area contributed by atoms with E-state index in [0.29, 0.717) is 12.1 Å². The third-order valence-electron chi connectivity index (χ3n) is 5.32. The number of fused-ring (bicyclic) bond motifs is 1. The van der Waals surface area contributed by atoms with Crippen molar-refractivity contribution in [2.24, 2.45) is 0 Å². The number of carbonyl (C=O) groups excluding carboxylic acids is 1. The van der Waals surface area contributed by atoms with Gasteiger partial charge in [0.15, 0.2) is 11.5 Å². The quantitative estimate of drug-likeness (QED) is 0.646. The Kier molecular flexibility index (Phi) is 5.94. The maximum Gasteiger partial charge on any atom is 0.251 e. The van der Waals surface area contributed by atoms with Gasteiger partial charge in [-0.15, -0.1) is 0 Å². The predicted octanol–water partition coefficient (Wildman–Crippen LogP) is 2.07. The molecular weight excluding hydrogens is 382 g/mol. The second-order valence-corrected chi connectivity index (χ2v) is 7.14. The summed E-state index contributed by atoms with van der Waals surface area (Å²) in [5.41, 5.74) is 4.03. The number of methoxy groups -OCH3 is 2. The minimum absolute atomic E-state index is 0.0797. The highest BCUT2D eigenvalue weighted by Crippen LogP contribution is 2.33. The summed E-state index contributed by atoms with van der Waals surface area (Å²) < 4.78 is 12.5. The normalized spacial score (nSPS) is 13.5. The molecule has 1 aromatic heterocycles. The highest BCUT2D eigenvalue weighted by atomic mass is 16.5. The second kappa shape index (κ2) is 8.96. The number of carbonyl (C=O) groups is 1. The minimum atomic E-state index is -0.0797. The maximum absolute atomic E-state index is 12.4. The molecule has 4 rings (SSSR count). The summed E-state index contributed by atoms with van der Waals surface area (Å²) in [6, 6.07) is 11.4. The molecule has 0 unspecified atom stereocenters. The molecule has 1 aliphatic heterocycles. The number of nitrogens with zero attached hydrogens (tertiary/aromatic N) is 4. The smallest absolute Gasteiger partial charge is 0.251 e. The molecular formula is C22H25N5O3. The van der Waals surface area contributed by atoms with Crippen molar-refractivity contribution in [3.05, 3.63) is 65.7 Å². The fraction of sp³-hybridized carbons (Fsp3) is 0.318. The van der Waals surface area contributed by atoms with E-state index in [2.05, 4.69) is 32.4 Å². The molecule has 3 aromatic rings. The van der Waals surface area contributed by atoms with Crippen LogP contribution in [0.5, 0.6) is 11.5 Å². The Morgan fingerprint density at radius 2 is 1.83 bits per heavy atom. The molecule has 2 heterocycles. The molecule has 0 saturated carbocycles. The van der Waals surface area contributed by atoms with Crippen molar-refractivity contribution in [1.82, 2.24) is 25.0 Å². The number of amides is 1. The molecule has 8 nitrogen and oxygen atoms in total. The van der Waals surface area contributed by atoms with Crippen molar-refractivity contribution in [1.29, 1.82) is 0 Å². The third kappa shape index (κ3) is 4.28. The first-order valence-corrected chi connectivity index (χ1v) is 9.87. The second-order valence-electron chi connectivity index (χ2n) is 7.14. The van der Waals surface area contributed by atoms with Gasteiger partial charge >= 0.3 is 0 Å².